The Morgan fingerprint density at radius 1 is 1.50 bits per heavy atom. The molecule has 0 atom stereocenters. The van der Waals surface area contributed by atoms with E-state index in [9.17, 15) is 4.79 Å². The van der Waals surface area contributed by atoms with Gasteiger partial charge in [0.15, 0.2) is 0 Å². The van der Waals surface area contributed by atoms with E-state index in [2.05, 4.69) is 20.9 Å². The molecule has 0 fully saturated rings. The van der Waals surface area contributed by atoms with E-state index >= 15 is 0 Å². The summed E-state index contributed by atoms with van der Waals surface area (Å²) in [7, 11) is 0. The van der Waals surface area contributed by atoms with Gasteiger partial charge in [0.1, 0.15) is 0 Å². The van der Waals surface area contributed by atoms with E-state index < -0.39 is 5.63 Å². The smallest absolute Gasteiger partial charge is 0.346 e. The van der Waals surface area contributed by atoms with Gasteiger partial charge in [0.05, 0.1) is 16.8 Å². The van der Waals surface area contributed by atoms with Gasteiger partial charge in [-0.15, -0.1) is 11.6 Å². The zero-order valence-electron chi connectivity index (χ0n) is 6.96. The Hall–Kier alpha value is -0.870. The number of aromatic nitrogens is 1. The molecule has 0 saturated carbocycles. The second-order valence-electron chi connectivity index (χ2n) is 2.69. The van der Waals surface area contributed by atoms with Crippen LogP contribution in [-0.4, -0.2) is 4.98 Å². The fourth-order valence-corrected chi connectivity index (χ4v) is 1.61. The highest BCUT2D eigenvalue weighted by molar-refractivity contribution is 9.10. The summed E-state index contributed by atoms with van der Waals surface area (Å²) in [5.74, 6) is 0.333. The second-order valence-corrected chi connectivity index (χ2v) is 3.87. The first-order chi connectivity index (χ1) is 6.70. The van der Waals surface area contributed by atoms with Gasteiger partial charge in [-0.2, -0.15) is 0 Å². The van der Waals surface area contributed by atoms with E-state index in [1.54, 1.807) is 18.2 Å². The van der Waals surface area contributed by atoms with Crippen molar-refractivity contribution in [2.75, 3.05) is 0 Å². The minimum atomic E-state index is -0.404. The number of alkyl halides is 1. The molecule has 1 aromatic heterocycles. The Labute approximate surface area is 92.8 Å². The van der Waals surface area contributed by atoms with Gasteiger partial charge < -0.3 is 4.42 Å². The molecular formula is C9H5BrClNO2. The van der Waals surface area contributed by atoms with Crippen LogP contribution in [0.1, 0.15) is 5.89 Å². The lowest BCUT2D eigenvalue weighted by Crippen LogP contribution is -2.03. The molecule has 0 aliphatic carbocycles. The fraction of sp³-hybridized carbons (Fsp3) is 0.111. The zero-order valence-corrected chi connectivity index (χ0v) is 9.30. The third kappa shape index (κ3) is 1.67. The SMILES string of the molecule is O=c1oc(CCl)nc2cc(Br)ccc12. The molecular weight excluding hydrogens is 269 g/mol. The van der Waals surface area contributed by atoms with Gasteiger partial charge in [-0.1, -0.05) is 15.9 Å². The lowest BCUT2D eigenvalue weighted by molar-refractivity contribution is 0.462. The number of hydrogen-bond donors (Lipinski definition) is 0. The van der Waals surface area contributed by atoms with Gasteiger partial charge >= 0.3 is 5.63 Å². The summed E-state index contributed by atoms with van der Waals surface area (Å²) in [5.41, 5.74) is 0.185. The molecule has 5 heteroatoms. The quantitative estimate of drug-likeness (QED) is 0.751. The zero-order chi connectivity index (χ0) is 10.1. The molecule has 1 aromatic carbocycles. The van der Waals surface area contributed by atoms with Crippen LogP contribution >= 0.6 is 27.5 Å². The highest BCUT2D eigenvalue weighted by Crippen LogP contribution is 2.16. The molecule has 0 saturated heterocycles. The minimum Gasteiger partial charge on any atom is -0.407 e. The molecule has 0 radical (unpaired) electrons. The Morgan fingerprint density at radius 2 is 2.29 bits per heavy atom. The molecule has 2 aromatic rings. The molecule has 2 rings (SSSR count). The van der Waals surface area contributed by atoms with Crippen LogP contribution in [0.4, 0.5) is 0 Å². The lowest BCUT2D eigenvalue weighted by Gasteiger charge is -1.98. The summed E-state index contributed by atoms with van der Waals surface area (Å²) < 4.78 is 5.73. The fourth-order valence-electron chi connectivity index (χ4n) is 1.15. The molecule has 0 unspecified atom stereocenters. The van der Waals surface area contributed by atoms with Crippen LogP contribution in [0.5, 0.6) is 0 Å². The number of rotatable bonds is 1. The van der Waals surface area contributed by atoms with Gasteiger partial charge in [-0.25, -0.2) is 9.78 Å². The first-order valence-corrected chi connectivity index (χ1v) is 5.18. The summed E-state index contributed by atoms with van der Waals surface area (Å²) in [6.45, 7) is 0. The third-order valence-corrected chi connectivity index (χ3v) is 2.47. The van der Waals surface area contributed by atoms with Gasteiger partial charge in [0, 0.05) is 4.47 Å². The average molecular weight is 275 g/mol. The van der Waals surface area contributed by atoms with Crippen LogP contribution < -0.4 is 5.63 Å². The molecule has 14 heavy (non-hydrogen) atoms. The summed E-state index contributed by atoms with van der Waals surface area (Å²) >= 11 is 8.83. The van der Waals surface area contributed by atoms with Crippen LogP contribution in [0, 0.1) is 0 Å². The summed E-state index contributed by atoms with van der Waals surface area (Å²) in [5, 5.41) is 0.460. The minimum absolute atomic E-state index is 0.0949. The highest BCUT2D eigenvalue weighted by Gasteiger charge is 2.05. The van der Waals surface area contributed by atoms with Gasteiger partial charge in [0.25, 0.3) is 0 Å². The molecule has 0 aliphatic heterocycles. The third-order valence-electron chi connectivity index (χ3n) is 1.75. The van der Waals surface area contributed by atoms with Crippen molar-refractivity contribution in [3.05, 3.63) is 39.0 Å². The lowest BCUT2D eigenvalue weighted by atomic mass is 10.2. The Bertz CT molecular complexity index is 538. The van der Waals surface area contributed by atoms with Crippen molar-refractivity contribution in [3.63, 3.8) is 0 Å². The average Bonchev–Trinajstić information content (AvgIpc) is 2.16. The summed E-state index contributed by atoms with van der Waals surface area (Å²) in [4.78, 5) is 15.5. The van der Waals surface area contributed by atoms with Gasteiger partial charge in [0.2, 0.25) is 5.89 Å². The number of nitrogens with zero attached hydrogens (tertiary/aromatic N) is 1. The van der Waals surface area contributed by atoms with E-state index in [4.69, 9.17) is 16.0 Å². The van der Waals surface area contributed by atoms with E-state index in [0.29, 0.717) is 10.9 Å². The predicted octanol–water partition coefficient (Wildman–Crippen LogP) is 2.69. The normalized spacial score (nSPS) is 10.7. The van der Waals surface area contributed by atoms with E-state index in [1.165, 1.54) is 0 Å². The standard InChI is InChI=1S/C9H5BrClNO2/c10-5-1-2-6-7(3-5)12-8(4-11)14-9(6)13/h1-3H,4H2. The molecule has 0 spiro atoms. The highest BCUT2D eigenvalue weighted by atomic mass is 79.9. The van der Waals surface area contributed by atoms with Crippen molar-refractivity contribution in [1.82, 2.24) is 4.98 Å². The van der Waals surface area contributed by atoms with Crippen molar-refractivity contribution in [3.8, 4) is 0 Å². The molecule has 0 N–H and O–H groups in total. The maximum absolute atomic E-state index is 11.4. The maximum atomic E-state index is 11.4. The molecule has 0 amide bonds. The topological polar surface area (TPSA) is 43.1 Å². The van der Waals surface area contributed by atoms with Gasteiger partial charge in [-0.05, 0) is 18.2 Å². The van der Waals surface area contributed by atoms with Crippen molar-refractivity contribution in [1.29, 1.82) is 0 Å². The molecule has 3 nitrogen and oxygen atoms in total. The number of benzene rings is 1. The number of fused-ring (bicyclic) bond motifs is 1. The molecule has 0 aliphatic rings. The Balaban J connectivity index is 2.84. The molecule has 72 valence electrons. The summed E-state index contributed by atoms with van der Waals surface area (Å²) in [6, 6.07) is 5.18. The van der Waals surface area contributed by atoms with E-state index in [0.717, 1.165) is 4.47 Å². The van der Waals surface area contributed by atoms with Crippen LogP contribution in [0.25, 0.3) is 10.9 Å². The molecule has 0 bridgehead atoms. The van der Waals surface area contributed by atoms with Crippen LogP contribution in [0.3, 0.4) is 0 Å². The maximum Gasteiger partial charge on any atom is 0.346 e. The van der Waals surface area contributed by atoms with Crippen LogP contribution in [0.15, 0.2) is 31.9 Å². The van der Waals surface area contributed by atoms with Crippen LogP contribution in [0.2, 0.25) is 0 Å². The number of hydrogen-bond acceptors (Lipinski definition) is 3. The first-order valence-electron chi connectivity index (χ1n) is 3.86. The Kier molecular flexibility index (Phi) is 2.56. The number of halogens is 2. The van der Waals surface area contributed by atoms with E-state index in [1.807, 2.05) is 0 Å². The van der Waals surface area contributed by atoms with E-state index in [-0.39, 0.29) is 11.8 Å². The van der Waals surface area contributed by atoms with Crippen molar-refractivity contribution < 1.29 is 4.42 Å². The monoisotopic (exact) mass is 273 g/mol. The first kappa shape index (κ1) is 9.68. The Morgan fingerprint density at radius 3 is 3.00 bits per heavy atom. The largest absolute Gasteiger partial charge is 0.407 e. The second kappa shape index (κ2) is 3.71. The van der Waals surface area contributed by atoms with Crippen molar-refractivity contribution in [2.45, 2.75) is 5.88 Å². The summed E-state index contributed by atoms with van der Waals surface area (Å²) in [6.07, 6.45) is 0. The van der Waals surface area contributed by atoms with Crippen molar-refractivity contribution >= 4 is 38.4 Å². The predicted molar refractivity (Wildman–Crippen MR) is 57.5 cm³/mol. The van der Waals surface area contributed by atoms with Crippen LogP contribution in [-0.2, 0) is 5.88 Å². The van der Waals surface area contributed by atoms with Gasteiger partial charge in [-0.3, -0.25) is 0 Å². The molecule has 1 heterocycles. The van der Waals surface area contributed by atoms with Crippen molar-refractivity contribution in [2.24, 2.45) is 0 Å².